The van der Waals surface area contributed by atoms with Crippen molar-refractivity contribution >= 4 is 28.8 Å². The number of nitrogens with two attached hydrogens (primary N) is 1. The van der Waals surface area contributed by atoms with Gasteiger partial charge in [-0.2, -0.15) is 0 Å². The molecule has 0 aromatic carbocycles. The van der Waals surface area contributed by atoms with Crippen LogP contribution in [-0.4, -0.2) is 59.4 Å². The maximum absolute atomic E-state index is 12.4. The van der Waals surface area contributed by atoms with Crippen molar-refractivity contribution in [1.29, 1.82) is 0 Å². The quantitative estimate of drug-likeness (QED) is 0.607. The molecule has 106 valence electrons. The van der Waals surface area contributed by atoms with Crippen LogP contribution < -0.4 is 16.4 Å². The molecule has 2 aliphatic rings. The number of hydrogen-bond acceptors (Lipinski definition) is 5. The van der Waals surface area contributed by atoms with E-state index < -0.39 is 11.9 Å². The van der Waals surface area contributed by atoms with Crippen molar-refractivity contribution < 1.29 is 14.4 Å². The van der Waals surface area contributed by atoms with Crippen LogP contribution in [0.1, 0.15) is 12.8 Å². The van der Waals surface area contributed by atoms with E-state index in [1.54, 1.807) is 0 Å². The Morgan fingerprint density at radius 3 is 2.58 bits per heavy atom. The highest BCUT2D eigenvalue weighted by atomic mass is 32.2. The summed E-state index contributed by atoms with van der Waals surface area (Å²) in [7, 11) is 0. The predicted molar refractivity (Wildman–Crippen MR) is 71.6 cm³/mol. The van der Waals surface area contributed by atoms with Gasteiger partial charge >= 0.3 is 0 Å². The van der Waals surface area contributed by atoms with Crippen molar-refractivity contribution in [2.24, 2.45) is 5.73 Å². The SMILES string of the molecule is NC(=O)CN(C(=O)C1CSC(=O)N1)C1CCNCC1. The first-order valence-electron chi connectivity index (χ1n) is 6.30. The summed E-state index contributed by atoms with van der Waals surface area (Å²) in [6, 6.07) is -0.518. The van der Waals surface area contributed by atoms with Crippen LogP contribution in [0.3, 0.4) is 0 Å². The molecule has 7 nitrogen and oxygen atoms in total. The van der Waals surface area contributed by atoms with Gasteiger partial charge in [-0.05, 0) is 25.9 Å². The Hall–Kier alpha value is -1.28. The highest BCUT2D eigenvalue weighted by Crippen LogP contribution is 2.18. The molecule has 2 fully saturated rings. The number of carbonyl (C=O) groups excluding carboxylic acids is 3. The van der Waals surface area contributed by atoms with Crippen molar-refractivity contribution in [3.63, 3.8) is 0 Å². The van der Waals surface area contributed by atoms with E-state index >= 15 is 0 Å². The summed E-state index contributed by atoms with van der Waals surface area (Å²) in [5, 5.41) is 5.63. The van der Waals surface area contributed by atoms with E-state index in [1.807, 2.05) is 0 Å². The van der Waals surface area contributed by atoms with Crippen molar-refractivity contribution in [3.05, 3.63) is 0 Å². The smallest absolute Gasteiger partial charge is 0.279 e. The van der Waals surface area contributed by atoms with Gasteiger partial charge in [0.1, 0.15) is 6.04 Å². The van der Waals surface area contributed by atoms with E-state index in [2.05, 4.69) is 10.6 Å². The van der Waals surface area contributed by atoms with Gasteiger partial charge in [-0.3, -0.25) is 14.4 Å². The molecule has 2 saturated heterocycles. The minimum Gasteiger partial charge on any atom is -0.368 e. The predicted octanol–water partition coefficient (Wildman–Crippen LogP) is -1.12. The van der Waals surface area contributed by atoms with Crippen molar-refractivity contribution in [2.45, 2.75) is 24.9 Å². The van der Waals surface area contributed by atoms with Crippen LogP contribution in [0, 0.1) is 0 Å². The summed E-state index contributed by atoms with van der Waals surface area (Å²) < 4.78 is 0. The fraction of sp³-hybridized carbons (Fsp3) is 0.727. The van der Waals surface area contributed by atoms with E-state index in [0.717, 1.165) is 37.7 Å². The molecular weight excluding hydrogens is 268 g/mol. The summed E-state index contributed by atoms with van der Waals surface area (Å²) >= 11 is 1.09. The summed E-state index contributed by atoms with van der Waals surface area (Å²) in [5.41, 5.74) is 5.22. The van der Waals surface area contributed by atoms with E-state index in [-0.39, 0.29) is 23.7 Å². The van der Waals surface area contributed by atoms with Crippen LogP contribution >= 0.6 is 11.8 Å². The van der Waals surface area contributed by atoms with Gasteiger partial charge in [-0.15, -0.1) is 0 Å². The van der Waals surface area contributed by atoms with Gasteiger partial charge in [-0.1, -0.05) is 11.8 Å². The number of carbonyl (C=O) groups is 3. The second-order valence-electron chi connectivity index (χ2n) is 4.71. The van der Waals surface area contributed by atoms with E-state index in [9.17, 15) is 14.4 Å². The molecule has 0 spiro atoms. The summed E-state index contributed by atoms with van der Waals surface area (Å²) in [4.78, 5) is 36.2. The molecule has 0 radical (unpaired) electrons. The molecule has 4 N–H and O–H groups in total. The van der Waals surface area contributed by atoms with Crippen LogP contribution in [0.25, 0.3) is 0 Å². The Kier molecular flexibility index (Phi) is 4.65. The van der Waals surface area contributed by atoms with Crippen LogP contribution in [0.5, 0.6) is 0 Å². The van der Waals surface area contributed by atoms with Crippen LogP contribution in [-0.2, 0) is 9.59 Å². The van der Waals surface area contributed by atoms with E-state index in [1.165, 1.54) is 4.90 Å². The second-order valence-corrected chi connectivity index (χ2v) is 5.70. The van der Waals surface area contributed by atoms with Gasteiger partial charge in [0.2, 0.25) is 11.8 Å². The number of amides is 3. The molecule has 2 heterocycles. The fourth-order valence-electron chi connectivity index (χ4n) is 2.39. The van der Waals surface area contributed by atoms with Gasteiger partial charge in [0.15, 0.2) is 0 Å². The number of piperidine rings is 1. The van der Waals surface area contributed by atoms with Crippen LogP contribution in [0.2, 0.25) is 0 Å². The normalized spacial score (nSPS) is 24.0. The van der Waals surface area contributed by atoms with Crippen LogP contribution in [0.4, 0.5) is 4.79 Å². The van der Waals surface area contributed by atoms with Gasteiger partial charge in [0.05, 0.1) is 6.54 Å². The monoisotopic (exact) mass is 286 g/mol. The van der Waals surface area contributed by atoms with Gasteiger partial charge in [-0.25, -0.2) is 0 Å². The lowest BCUT2D eigenvalue weighted by Gasteiger charge is -2.35. The summed E-state index contributed by atoms with van der Waals surface area (Å²) in [6.45, 7) is 1.55. The second kappa shape index (κ2) is 6.25. The van der Waals surface area contributed by atoms with Crippen LogP contribution in [0.15, 0.2) is 0 Å². The molecule has 1 unspecified atom stereocenters. The van der Waals surface area contributed by atoms with Gasteiger partial charge < -0.3 is 21.3 Å². The lowest BCUT2D eigenvalue weighted by molar-refractivity contribution is -0.139. The Morgan fingerprint density at radius 1 is 1.37 bits per heavy atom. The molecular formula is C11H18N4O3S. The molecule has 0 saturated carbocycles. The lowest BCUT2D eigenvalue weighted by atomic mass is 10.0. The summed E-state index contributed by atoms with van der Waals surface area (Å²) in [5.74, 6) is -0.314. The Balaban J connectivity index is 2.05. The Morgan fingerprint density at radius 2 is 2.05 bits per heavy atom. The van der Waals surface area contributed by atoms with E-state index in [0.29, 0.717) is 5.75 Å². The van der Waals surface area contributed by atoms with Gasteiger partial charge in [0, 0.05) is 11.8 Å². The number of thioether (sulfide) groups is 1. The first-order valence-corrected chi connectivity index (χ1v) is 7.29. The first kappa shape index (κ1) is 14.1. The molecule has 0 aliphatic carbocycles. The largest absolute Gasteiger partial charge is 0.368 e. The first-order chi connectivity index (χ1) is 9.08. The third kappa shape index (κ3) is 3.60. The molecule has 2 rings (SSSR count). The van der Waals surface area contributed by atoms with Gasteiger partial charge in [0.25, 0.3) is 5.24 Å². The van der Waals surface area contributed by atoms with Crippen molar-refractivity contribution in [2.75, 3.05) is 25.4 Å². The number of hydrogen-bond donors (Lipinski definition) is 3. The average molecular weight is 286 g/mol. The zero-order chi connectivity index (χ0) is 13.8. The molecule has 0 aromatic heterocycles. The molecule has 1 atom stereocenters. The third-order valence-electron chi connectivity index (χ3n) is 3.33. The standard InChI is InChI=1S/C11H18N4O3S/c12-9(16)5-15(7-1-3-13-4-2-7)10(17)8-6-19-11(18)14-8/h7-8,13H,1-6H2,(H2,12,16)(H,14,18). The average Bonchev–Trinajstić information content (AvgIpc) is 2.83. The number of rotatable bonds is 4. The maximum Gasteiger partial charge on any atom is 0.279 e. The third-order valence-corrected chi connectivity index (χ3v) is 4.21. The summed E-state index contributed by atoms with van der Waals surface area (Å²) in [6.07, 6.45) is 1.60. The van der Waals surface area contributed by atoms with Crippen molar-refractivity contribution in [1.82, 2.24) is 15.5 Å². The minimum atomic E-state index is -0.535. The zero-order valence-electron chi connectivity index (χ0n) is 10.6. The molecule has 2 aliphatic heterocycles. The molecule has 0 bridgehead atoms. The lowest BCUT2D eigenvalue weighted by Crippen LogP contribution is -2.54. The molecule has 8 heteroatoms. The minimum absolute atomic E-state index is 0.0174. The zero-order valence-corrected chi connectivity index (χ0v) is 11.4. The fourth-order valence-corrected chi connectivity index (χ4v) is 3.16. The number of nitrogens with one attached hydrogen (secondary N) is 2. The highest BCUT2D eigenvalue weighted by molar-refractivity contribution is 8.14. The molecule has 0 aromatic rings. The Bertz CT molecular complexity index is 384. The maximum atomic E-state index is 12.4. The number of nitrogens with zero attached hydrogens (tertiary/aromatic N) is 1. The highest BCUT2D eigenvalue weighted by Gasteiger charge is 2.35. The number of primary amides is 1. The molecule has 3 amide bonds. The molecule has 19 heavy (non-hydrogen) atoms. The Labute approximate surface area is 115 Å². The van der Waals surface area contributed by atoms with E-state index in [4.69, 9.17) is 5.73 Å². The topological polar surface area (TPSA) is 105 Å². The van der Waals surface area contributed by atoms with Crippen molar-refractivity contribution in [3.8, 4) is 0 Å².